The minimum atomic E-state index is -1.19. The molecule has 0 bridgehead atoms. The average Bonchev–Trinajstić information content (AvgIpc) is 2.79. The van der Waals surface area contributed by atoms with Crippen molar-refractivity contribution < 1.29 is 28.7 Å². The van der Waals surface area contributed by atoms with Crippen molar-refractivity contribution in [1.29, 1.82) is 0 Å². The molecule has 0 heterocycles. The van der Waals surface area contributed by atoms with E-state index in [1.165, 1.54) is 0 Å². The van der Waals surface area contributed by atoms with Crippen LogP contribution in [0.4, 0.5) is 15.3 Å². The summed E-state index contributed by atoms with van der Waals surface area (Å²) in [5, 5.41) is 7.77. The van der Waals surface area contributed by atoms with Gasteiger partial charge in [-0.1, -0.05) is 25.8 Å². The number of urea groups is 1. The second kappa shape index (κ2) is 15.4. The minimum absolute atomic E-state index is 0.121. The Labute approximate surface area is 209 Å². The highest BCUT2D eigenvalue weighted by atomic mass is 35.5. The fourth-order valence-corrected chi connectivity index (χ4v) is 3.34. The molecule has 11 nitrogen and oxygen atoms in total. The molecular weight excluding hydrogens is 478 g/mol. The maximum Gasteiger partial charge on any atom is 0.405 e. The van der Waals surface area contributed by atoms with Gasteiger partial charge in [-0.2, -0.15) is 0 Å². The first-order chi connectivity index (χ1) is 16.6. The number of hydrogen-bond acceptors (Lipinski definition) is 6. The zero-order valence-electron chi connectivity index (χ0n) is 19.8. The fraction of sp³-hybridized carbons (Fsp3) is 0.478. The van der Waals surface area contributed by atoms with E-state index in [-0.39, 0.29) is 32.1 Å². The minimum Gasteiger partial charge on any atom is -0.436 e. The van der Waals surface area contributed by atoms with Gasteiger partial charge in [0.05, 0.1) is 6.61 Å². The van der Waals surface area contributed by atoms with Crippen molar-refractivity contribution in [3.05, 3.63) is 29.3 Å². The third-order valence-electron chi connectivity index (χ3n) is 4.77. The molecular formula is C23H32ClN5O6. The number of hydrogen-bond donors (Lipinski definition) is 5. The van der Waals surface area contributed by atoms with E-state index in [2.05, 4.69) is 21.9 Å². The van der Waals surface area contributed by atoms with E-state index < -0.39 is 42.0 Å². The molecule has 0 radical (unpaired) electrons. The quantitative estimate of drug-likeness (QED) is 0.144. The van der Waals surface area contributed by atoms with Crippen LogP contribution in [0.1, 0.15) is 37.8 Å². The highest BCUT2D eigenvalue weighted by Crippen LogP contribution is 2.19. The number of carbonyl (C=O) groups is 4. The van der Waals surface area contributed by atoms with Gasteiger partial charge in [-0.05, 0) is 42.0 Å². The van der Waals surface area contributed by atoms with Crippen LogP contribution < -0.4 is 27.4 Å². The van der Waals surface area contributed by atoms with Crippen molar-refractivity contribution in [3.63, 3.8) is 0 Å². The Morgan fingerprint density at radius 1 is 1.14 bits per heavy atom. The summed E-state index contributed by atoms with van der Waals surface area (Å²) in [5.74, 6) is 1.03. The number of ether oxygens (including phenoxy) is 2. The van der Waals surface area contributed by atoms with Crippen molar-refractivity contribution >= 4 is 41.2 Å². The highest BCUT2D eigenvalue weighted by molar-refractivity contribution is 6.17. The number of anilines is 1. The van der Waals surface area contributed by atoms with Crippen molar-refractivity contribution in [2.24, 2.45) is 17.4 Å². The van der Waals surface area contributed by atoms with Crippen LogP contribution in [-0.2, 0) is 31.5 Å². The van der Waals surface area contributed by atoms with Gasteiger partial charge < -0.3 is 36.9 Å². The lowest BCUT2D eigenvalue weighted by Gasteiger charge is -2.24. The summed E-state index contributed by atoms with van der Waals surface area (Å²) in [4.78, 5) is 47.9. The Hall–Kier alpha value is -3.49. The summed E-state index contributed by atoms with van der Waals surface area (Å²) in [7, 11) is 0. The van der Waals surface area contributed by atoms with Crippen molar-refractivity contribution in [3.8, 4) is 12.3 Å². The zero-order valence-corrected chi connectivity index (χ0v) is 20.5. The molecule has 192 valence electrons. The predicted molar refractivity (Wildman–Crippen MR) is 131 cm³/mol. The lowest BCUT2D eigenvalue weighted by atomic mass is 10.0. The van der Waals surface area contributed by atoms with Gasteiger partial charge in [-0.3, -0.25) is 9.59 Å². The summed E-state index contributed by atoms with van der Waals surface area (Å²) in [6, 6.07) is 3.40. The first kappa shape index (κ1) is 29.5. The maximum atomic E-state index is 13.1. The summed E-state index contributed by atoms with van der Waals surface area (Å²) in [6.45, 7) is 3.86. The Morgan fingerprint density at radius 2 is 1.86 bits per heavy atom. The number of primary amides is 2. The standard InChI is InChI=1S/C23H32ClN5O6/c1-4-10-34-13-16-11-17(8-7-15(16)12-24)28-20(30)18(6-5-9-27-22(25)32)29-21(31)19(14(2)3)35-23(26)33/h1,7-8,11,14,18-19H,5-6,9-10,12-13H2,2-3H3,(H2,26,33)(H,28,30)(H,29,31)(H3,25,27,32)/t18-,19-/m0/s1. The van der Waals surface area contributed by atoms with Crippen LogP contribution in [-0.4, -0.2) is 49.2 Å². The highest BCUT2D eigenvalue weighted by Gasteiger charge is 2.30. The van der Waals surface area contributed by atoms with E-state index in [1.54, 1.807) is 32.0 Å². The van der Waals surface area contributed by atoms with Gasteiger partial charge in [0, 0.05) is 18.1 Å². The normalized spacial score (nSPS) is 12.2. The molecule has 0 aliphatic carbocycles. The molecule has 5 amide bonds. The van der Waals surface area contributed by atoms with Gasteiger partial charge in [0.2, 0.25) is 5.91 Å². The molecule has 2 atom stereocenters. The molecule has 0 unspecified atom stereocenters. The lowest BCUT2D eigenvalue weighted by Crippen LogP contribution is -2.50. The number of terminal acetylenes is 1. The molecule has 7 N–H and O–H groups in total. The van der Waals surface area contributed by atoms with Crippen LogP contribution in [0.25, 0.3) is 0 Å². The van der Waals surface area contributed by atoms with Crippen LogP contribution in [0.15, 0.2) is 18.2 Å². The molecule has 0 saturated carbocycles. The van der Waals surface area contributed by atoms with Gasteiger partial charge in [-0.15, -0.1) is 18.0 Å². The number of nitrogens with two attached hydrogens (primary N) is 2. The Balaban J connectivity index is 3.02. The van der Waals surface area contributed by atoms with Crippen molar-refractivity contribution in [2.75, 3.05) is 18.5 Å². The molecule has 0 aliphatic heterocycles. The Kier molecular flexibility index (Phi) is 13.0. The third kappa shape index (κ3) is 11.0. The van der Waals surface area contributed by atoms with Gasteiger partial charge in [0.15, 0.2) is 6.10 Å². The number of carbonyl (C=O) groups excluding carboxylic acids is 4. The largest absolute Gasteiger partial charge is 0.436 e. The first-order valence-electron chi connectivity index (χ1n) is 10.9. The van der Waals surface area contributed by atoms with E-state index in [0.717, 1.165) is 11.1 Å². The second-order valence-corrected chi connectivity index (χ2v) is 8.17. The summed E-state index contributed by atoms with van der Waals surface area (Å²) in [5.41, 5.74) is 12.1. The first-order valence-corrected chi connectivity index (χ1v) is 11.4. The Bertz CT molecular complexity index is 933. The SMILES string of the molecule is C#CCOCc1cc(NC(=O)[C@H](CCCNC(N)=O)NC(=O)[C@@H](OC(N)=O)C(C)C)ccc1CCl. The van der Waals surface area contributed by atoms with Crippen LogP contribution in [0.2, 0.25) is 0 Å². The molecule has 1 aromatic carbocycles. The maximum absolute atomic E-state index is 13.1. The van der Waals surface area contributed by atoms with Crippen molar-refractivity contribution in [1.82, 2.24) is 10.6 Å². The number of rotatable bonds is 14. The number of benzene rings is 1. The molecule has 0 fully saturated rings. The fourth-order valence-electron chi connectivity index (χ4n) is 3.08. The predicted octanol–water partition coefficient (Wildman–Crippen LogP) is 1.57. The summed E-state index contributed by atoms with van der Waals surface area (Å²) in [6.07, 6.45) is 3.41. The summed E-state index contributed by atoms with van der Waals surface area (Å²) < 4.78 is 10.3. The molecule has 0 saturated heterocycles. The molecule has 0 aromatic heterocycles. The molecule has 1 aromatic rings. The van der Waals surface area contributed by atoms with Gasteiger partial charge in [0.1, 0.15) is 12.6 Å². The number of alkyl halides is 1. The van der Waals surface area contributed by atoms with Crippen LogP contribution in [0.5, 0.6) is 0 Å². The molecule has 35 heavy (non-hydrogen) atoms. The lowest BCUT2D eigenvalue weighted by molar-refractivity contribution is -0.134. The Morgan fingerprint density at radius 3 is 2.43 bits per heavy atom. The molecule has 12 heteroatoms. The van der Waals surface area contributed by atoms with Gasteiger partial charge in [0.25, 0.3) is 5.91 Å². The van der Waals surface area contributed by atoms with E-state index in [4.69, 9.17) is 39.0 Å². The van der Waals surface area contributed by atoms with Crippen LogP contribution in [0.3, 0.4) is 0 Å². The molecule has 1 rings (SSSR count). The number of nitrogens with one attached hydrogen (secondary N) is 3. The molecule has 0 aliphatic rings. The van der Waals surface area contributed by atoms with Crippen LogP contribution in [0, 0.1) is 18.3 Å². The smallest absolute Gasteiger partial charge is 0.405 e. The monoisotopic (exact) mass is 509 g/mol. The van der Waals surface area contributed by atoms with E-state index in [9.17, 15) is 19.2 Å². The third-order valence-corrected chi connectivity index (χ3v) is 5.06. The van der Waals surface area contributed by atoms with Gasteiger partial charge in [-0.25, -0.2) is 9.59 Å². The van der Waals surface area contributed by atoms with Gasteiger partial charge >= 0.3 is 12.1 Å². The zero-order chi connectivity index (χ0) is 26.4. The average molecular weight is 510 g/mol. The topological polar surface area (TPSA) is 175 Å². The van der Waals surface area contributed by atoms with E-state index >= 15 is 0 Å². The molecule has 0 spiro atoms. The number of halogens is 1. The summed E-state index contributed by atoms with van der Waals surface area (Å²) >= 11 is 5.98. The van der Waals surface area contributed by atoms with E-state index in [1.807, 2.05) is 0 Å². The van der Waals surface area contributed by atoms with E-state index in [0.29, 0.717) is 12.1 Å². The second-order valence-electron chi connectivity index (χ2n) is 7.90. The number of amides is 5. The van der Waals surface area contributed by atoms with Crippen molar-refractivity contribution in [2.45, 2.75) is 51.3 Å². The van der Waals surface area contributed by atoms with Crippen LogP contribution >= 0.6 is 11.6 Å².